The number of benzene rings is 1. The summed E-state index contributed by atoms with van der Waals surface area (Å²) in [6.07, 6.45) is 2.21. The second-order valence-electron chi connectivity index (χ2n) is 4.13. The minimum atomic E-state index is -0.336. The molecule has 3 rings (SSSR count). The fourth-order valence-corrected chi connectivity index (χ4v) is 2.93. The van der Waals surface area contributed by atoms with Crippen LogP contribution in [0.3, 0.4) is 0 Å². The Kier molecular flexibility index (Phi) is 3.15. The van der Waals surface area contributed by atoms with Gasteiger partial charge < -0.3 is 10.1 Å². The van der Waals surface area contributed by atoms with E-state index in [0.717, 1.165) is 30.2 Å². The number of halogens is 1. The number of rotatable bonds is 3. The predicted molar refractivity (Wildman–Crippen MR) is 69.7 cm³/mol. The largest absolute Gasteiger partial charge is 0.483 e. The minimum absolute atomic E-state index is 0.277. The van der Waals surface area contributed by atoms with E-state index in [1.165, 1.54) is 10.9 Å². The molecule has 1 aliphatic heterocycles. The van der Waals surface area contributed by atoms with E-state index in [9.17, 15) is 4.39 Å². The number of para-hydroxylation sites is 1. The molecule has 3 nitrogen and oxygen atoms in total. The summed E-state index contributed by atoms with van der Waals surface area (Å²) in [5.74, 6) is 0.911. The Balaban J connectivity index is 1.70. The van der Waals surface area contributed by atoms with Crippen LogP contribution in [0.15, 0.2) is 24.3 Å². The van der Waals surface area contributed by atoms with Gasteiger partial charge in [0.05, 0.1) is 0 Å². The molecule has 0 spiro atoms. The van der Waals surface area contributed by atoms with Crippen LogP contribution in [0.5, 0.6) is 5.75 Å². The van der Waals surface area contributed by atoms with Crippen LogP contribution in [0.4, 0.5) is 10.2 Å². The molecule has 0 bridgehead atoms. The number of aromatic nitrogens is 1. The molecule has 0 unspecified atom stereocenters. The third kappa shape index (κ3) is 2.31. The Morgan fingerprint density at radius 2 is 2.28 bits per heavy atom. The number of thiazole rings is 1. The number of nitrogens with zero attached hydrogens (tertiary/aromatic N) is 1. The lowest BCUT2D eigenvalue weighted by Crippen LogP contribution is -2.10. The minimum Gasteiger partial charge on any atom is -0.483 e. The molecule has 94 valence electrons. The monoisotopic (exact) mass is 264 g/mol. The van der Waals surface area contributed by atoms with Gasteiger partial charge in [-0.25, -0.2) is 9.37 Å². The van der Waals surface area contributed by atoms with Crippen LogP contribution in [0, 0.1) is 5.82 Å². The van der Waals surface area contributed by atoms with Gasteiger partial charge in [0.25, 0.3) is 0 Å². The van der Waals surface area contributed by atoms with Crippen molar-refractivity contribution in [3.8, 4) is 5.75 Å². The number of aryl methyl sites for hydroxylation is 1. The van der Waals surface area contributed by atoms with E-state index < -0.39 is 0 Å². The summed E-state index contributed by atoms with van der Waals surface area (Å²) in [6, 6.07) is 6.42. The van der Waals surface area contributed by atoms with E-state index in [0.29, 0.717) is 6.61 Å². The van der Waals surface area contributed by atoms with Gasteiger partial charge in [-0.2, -0.15) is 0 Å². The highest BCUT2D eigenvalue weighted by molar-refractivity contribution is 7.12. The van der Waals surface area contributed by atoms with Crippen molar-refractivity contribution in [3.63, 3.8) is 0 Å². The summed E-state index contributed by atoms with van der Waals surface area (Å²) in [5.41, 5.74) is 0. The van der Waals surface area contributed by atoms with Crippen LogP contribution in [0.25, 0.3) is 0 Å². The Morgan fingerprint density at radius 3 is 3.11 bits per heavy atom. The number of hydrogen-bond acceptors (Lipinski definition) is 4. The summed E-state index contributed by atoms with van der Waals surface area (Å²) in [4.78, 5) is 5.73. The van der Waals surface area contributed by atoms with Crippen LogP contribution < -0.4 is 10.1 Å². The van der Waals surface area contributed by atoms with E-state index in [4.69, 9.17) is 4.74 Å². The maximum atomic E-state index is 13.4. The summed E-state index contributed by atoms with van der Waals surface area (Å²) in [5, 5.41) is 4.15. The topological polar surface area (TPSA) is 34.1 Å². The first kappa shape index (κ1) is 11.5. The van der Waals surface area contributed by atoms with Crippen molar-refractivity contribution in [1.82, 2.24) is 4.98 Å². The van der Waals surface area contributed by atoms with E-state index in [1.807, 2.05) is 0 Å². The molecule has 0 atom stereocenters. The smallest absolute Gasteiger partial charge is 0.165 e. The number of nitrogens with one attached hydrogen (secondary N) is 1. The average Bonchev–Trinajstić information content (AvgIpc) is 2.80. The van der Waals surface area contributed by atoms with Gasteiger partial charge in [-0.05, 0) is 25.0 Å². The van der Waals surface area contributed by atoms with Crippen LogP contribution in [-0.2, 0) is 13.0 Å². The molecule has 18 heavy (non-hydrogen) atoms. The molecule has 0 radical (unpaired) electrons. The van der Waals surface area contributed by atoms with Gasteiger partial charge in [-0.3, -0.25) is 0 Å². The van der Waals surface area contributed by atoms with Crippen molar-refractivity contribution < 1.29 is 9.13 Å². The molecule has 0 fully saturated rings. The standard InChI is InChI=1S/C13H13FN2OS/c14-9-4-1-2-5-10(9)17-8-12-16-13-11(18-12)6-3-7-15-13/h1-2,4-5,15H,3,6-8H2. The zero-order valence-electron chi connectivity index (χ0n) is 9.78. The van der Waals surface area contributed by atoms with E-state index >= 15 is 0 Å². The molecule has 5 heteroatoms. The van der Waals surface area contributed by atoms with E-state index in [-0.39, 0.29) is 11.6 Å². The Bertz CT molecular complexity index is 532. The molecular weight excluding hydrogens is 251 g/mol. The Hall–Kier alpha value is -1.62. The van der Waals surface area contributed by atoms with Crippen molar-refractivity contribution in [2.45, 2.75) is 19.4 Å². The molecule has 1 aromatic heterocycles. The first-order chi connectivity index (χ1) is 8.83. The molecule has 1 aromatic carbocycles. The molecule has 0 aliphatic carbocycles. The van der Waals surface area contributed by atoms with Crippen molar-refractivity contribution in [3.05, 3.63) is 40.0 Å². The third-order valence-electron chi connectivity index (χ3n) is 2.80. The maximum Gasteiger partial charge on any atom is 0.165 e. The summed E-state index contributed by atoms with van der Waals surface area (Å²) in [7, 11) is 0. The first-order valence-corrected chi connectivity index (χ1v) is 6.74. The second-order valence-corrected chi connectivity index (χ2v) is 5.30. The first-order valence-electron chi connectivity index (χ1n) is 5.93. The van der Waals surface area contributed by atoms with Crippen molar-refractivity contribution in [2.75, 3.05) is 11.9 Å². The van der Waals surface area contributed by atoms with Crippen LogP contribution in [0.1, 0.15) is 16.3 Å². The van der Waals surface area contributed by atoms with Crippen LogP contribution in [0.2, 0.25) is 0 Å². The molecule has 1 N–H and O–H groups in total. The van der Waals surface area contributed by atoms with E-state index in [2.05, 4.69) is 10.3 Å². The average molecular weight is 264 g/mol. The van der Waals surface area contributed by atoms with Gasteiger partial charge in [0.15, 0.2) is 11.6 Å². The van der Waals surface area contributed by atoms with Gasteiger partial charge in [-0.15, -0.1) is 11.3 Å². The molecule has 0 saturated carbocycles. The van der Waals surface area contributed by atoms with Crippen molar-refractivity contribution in [1.29, 1.82) is 0 Å². The molecule has 2 heterocycles. The lowest BCUT2D eigenvalue weighted by molar-refractivity contribution is 0.290. The SMILES string of the molecule is Fc1ccccc1OCc1nc2c(s1)CCCN2. The highest BCUT2D eigenvalue weighted by Gasteiger charge is 2.15. The fraction of sp³-hybridized carbons (Fsp3) is 0.308. The maximum absolute atomic E-state index is 13.4. The Morgan fingerprint density at radius 1 is 1.39 bits per heavy atom. The van der Waals surface area contributed by atoms with Crippen molar-refractivity contribution >= 4 is 17.2 Å². The highest BCUT2D eigenvalue weighted by atomic mass is 32.1. The van der Waals surface area contributed by atoms with Gasteiger partial charge >= 0.3 is 0 Å². The third-order valence-corrected chi connectivity index (χ3v) is 3.89. The van der Waals surface area contributed by atoms with Gasteiger partial charge in [0, 0.05) is 11.4 Å². The van der Waals surface area contributed by atoms with E-state index in [1.54, 1.807) is 29.5 Å². The lowest BCUT2D eigenvalue weighted by Gasteiger charge is -2.10. The zero-order valence-corrected chi connectivity index (χ0v) is 10.6. The van der Waals surface area contributed by atoms with Crippen LogP contribution in [-0.4, -0.2) is 11.5 Å². The highest BCUT2D eigenvalue weighted by Crippen LogP contribution is 2.28. The van der Waals surface area contributed by atoms with Crippen LogP contribution >= 0.6 is 11.3 Å². The summed E-state index contributed by atoms with van der Waals surface area (Å²) in [6.45, 7) is 1.30. The van der Waals surface area contributed by atoms with Gasteiger partial charge in [0.2, 0.25) is 0 Å². The fourth-order valence-electron chi connectivity index (χ4n) is 1.93. The van der Waals surface area contributed by atoms with Gasteiger partial charge in [0.1, 0.15) is 17.4 Å². The lowest BCUT2D eigenvalue weighted by atomic mass is 10.2. The molecule has 1 aliphatic rings. The normalized spacial score (nSPS) is 13.8. The zero-order chi connectivity index (χ0) is 12.4. The van der Waals surface area contributed by atoms with Gasteiger partial charge in [-0.1, -0.05) is 12.1 Å². The second kappa shape index (κ2) is 4.94. The summed E-state index contributed by atoms with van der Waals surface area (Å²) >= 11 is 1.64. The quantitative estimate of drug-likeness (QED) is 0.924. The number of hydrogen-bond donors (Lipinski definition) is 1. The number of anilines is 1. The number of fused-ring (bicyclic) bond motifs is 1. The predicted octanol–water partition coefficient (Wildman–Crippen LogP) is 3.22. The molecular formula is C13H13FN2OS. The molecule has 2 aromatic rings. The molecule has 0 saturated heterocycles. The summed E-state index contributed by atoms with van der Waals surface area (Å²) < 4.78 is 18.8. The Labute approximate surface area is 109 Å². The van der Waals surface area contributed by atoms with Crippen molar-refractivity contribution in [2.24, 2.45) is 0 Å². The number of ether oxygens (including phenoxy) is 1. The molecule has 0 amide bonds.